The summed E-state index contributed by atoms with van der Waals surface area (Å²) in [6.07, 6.45) is 0. The van der Waals surface area contributed by atoms with Crippen LogP contribution in [0.4, 0.5) is 0 Å². The van der Waals surface area contributed by atoms with Gasteiger partial charge in [0.1, 0.15) is 20.2 Å². The van der Waals surface area contributed by atoms with Crippen molar-refractivity contribution in [3.8, 4) is 22.3 Å². The average Bonchev–Trinajstić information content (AvgIpc) is 2.73. The van der Waals surface area contributed by atoms with Crippen molar-refractivity contribution >= 4 is 20.2 Å². The molecule has 37 heavy (non-hydrogen) atoms. The summed E-state index contributed by atoms with van der Waals surface area (Å²) in [6.45, 7) is 0. The summed E-state index contributed by atoms with van der Waals surface area (Å²) >= 11 is 0. The first kappa shape index (κ1) is 30.0. The van der Waals surface area contributed by atoms with E-state index in [4.69, 9.17) is 0 Å². The van der Waals surface area contributed by atoms with Gasteiger partial charge < -0.3 is 9.11 Å². The van der Waals surface area contributed by atoms with Crippen molar-refractivity contribution in [1.82, 2.24) is 0 Å². The molecule has 0 amide bonds. The predicted molar refractivity (Wildman–Crippen MR) is 137 cm³/mol. The maximum atomic E-state index is 11.3. The zero-order valence-electron chi connectivity index (χ0n) is 19.7. The molecule has 4 aliphatic carbocycles. The first-order chi connectivity index (χ1) is 17.2. The van der Waals surface area contributed by atoms with E-state index in [9.17, 15) is 25.9 Å². The third-order valence-corrected chi connectivity index (χ3v) is 6.72. The van der Waals surface area contributed by atoms with Crippen molar-refractivity contribution in [2.45, 2.75) is 9.79 Å². The second-order valence-electron chi connectivity index (χ2n) is 7.40. The molecule has 0 fully saturated rings. The summed E-state index contributed by atoms with van der Waals surface area (Å²) in [7, 11) is -9.01. The van der Waals surface area contributed by atoms with E-state index < -0.39 is 20.2 Å². The molecule has 0 aromatic rings. The number of hydrogen-bond acceptors (Lipinski definition) is 6. The van der Waals surface area contributed by atoms with Gasteiger partial charge in [0.15, 0.2) is 0 Å². The fourth-order valence-corrected chi connectivity index (χ4v) is 4.74. The van der Waals surface area contributed by atoms with Gasteiger partial charge in [-0.1, -0.05) is 121 Å². The van der Waals surface area contributed by atoms with Crippen LogP contribution >= 0.6 is 0 Å². The van der Waals surface area contributed by atoms with Gasteiger partial charge in [0.25, 0.3) is 0 Å². The molecule has 184 valence electrons. The fraction of sp³-hybridized carbons (Fsp3) is 0. The molecule has 0 unspecified atom stereocenters. The van der Waals surface area contributed by atoms with E-state index in [0.717, 1.165) is 0 Å². The first-order valence-electron chi connectivity index (χ1n) is 10.7. The Bertz CT molecular complexity index is 1470. The number of fused-ring (bicyclic) bond motifs is 2. The van der Waals surface area contributed by atoms with Gasteiger partial charge in [-0.3, -0.25) is 0 Å². The summed E-state index contributed by atoms with van der Waals surface area (Å²) in [5.74, 6) is 0. The van der Waals surface area contributed by atoms with Crippen LogP contribution in [0, 0.1) is 0 Å². The molecule has 4 aliphatic rings. The monoisotopic (exact) mass is 582 g/mol. The third kappa shape index (κ3) is 9.00. The van der Waals surface area contributed by atoms with Crippen LogP contribution in [0.25, 0.3) is 22.3 Å². The molecule has 0 N–H and O–H groups in total. The van der Waals surface area contributed by atoms with E-state index in [1.54, 1.807) is 97.1 Å². The topological polar surface area (TPSA) is 114 Å². The Hall–Kier alpha value is -3.20. The Labute approximate surface area is 230 Å². The van der Waals surface area contributed by atoms with Gasteiger partial charge in [-0.05, 0) is 34.4 Å². The van der Waals surface area contributed by atoms with Gasteiger partial charge in [-0.15, -0.1) is 0 Å². The van der Waals surface area contributed by atoms with Crippen molar-refractivity contribution in [3.05, 3.63) is 133 Å². The molecule has 4 rings (SSSR count). The summed E-state index contributed by atoms with van der Waals surface area (Å²) < 4.78 is 67.9. The van der Waals surface area contributed by atoms with Gasteiger partial charge in [0, 0.05) is 0 Å². The zero-order chi connectivity index (χ0) is 26.0. The molecule has 6 nitrogen and oxygen atoms in total. The van der Waals surface area contributed by atoms with Crippen LogP contribution < -0.4 is 0 Å². The molecule has 0 bridgehead atoms. The predicted octanol–water partition coefficient (Wildman–Crippen LogP) is 5.64. The fourth-order valence-electron chi connectivity index (χ4n) is 3.34. The van der Waals surface area contributed by atoms with Crippen LogP contribution in [0.3, 0.4) is 0 Å². The summed E-state index contributed by atoms with van der Waals surface area (Å²) in [5, 5.41) is 0. The SMILES string of the molecule is O=S(=O)([O-])c1cccccc2ccccccc1-2.O=S(=O)([O-])c1cccccc2ccccccc1-2.[Zn+2]. The molecule has 0 saturated heterocycles. The van der Waals surface area contributed by atoms with Crippen molar-refractivity contribution < 1.29 is 45.4 Å². The smallest absolute Gasteiger partial charge is 0.744 e. The molecular weight excluding hydrogens is 562 g/mol. The summed E-state index contributed by atoms with van der Waals surface area (Å²) in [5.41, 5.74) is 2.19. The molecule has 0 atom stereocenters. The number of rotatable bonds is 2. The molecule has 0 radical (unpaired) electrons. The molecule has 0 aromatic heterocycles. The molecule has 0 saturated carbocycles. The molecule has 9 heteroatoms. The standard InChI is InChI=1S/2C14H12O3S.Zn/c2*15-18(16,17)14-11-7-3-5-9-12-8-4-1-2-6-10-13(12)14;/h2*1-11H,(H,15,16,17);/q;;+2/p-2. The maximum Gasteiger partial charge on any atom is 2.00 e. The van der Waals surface area contributed by atoms with E-state index in [2.05, 4.69) is 0 Å². The van der Waals surface area contributed by atoms with Crippen molar-refractivity contribution in [1.29, 1.82) is 0 Å². The Kier molecular flexibility index (Phi) is 11.3. The maximum absolute atomic E-state index is 11.3. The Morgan fingerprint density at radius 3 is 0.919 bits per heavy atom. The molecule has 0 aliphatic heterocycles. The Morgan fingerprint density at radius 1 is 0.378 bits per heavy atom. The third-order valence-electron chi connectivity index (χ3n) is 4.93. The zero-order valence-corrected chi connectivity index (χ0v) is 24.3. The first-order valence-corrected chi connectivity index (χ1v) is 13.5. The second-order valence-corrected chi connectivity index (χ2v) is 10.1. The minimum absolute atomic E-state index is 0. The van der Waals surface area contributed by atoms with Crippen LogP contribution in [0.5, 0.6) is 0 Å². The largest absolute Gasteiger partial charge is 2.00 e. The molecule has 0 aromatic carbocycles. The van der Waals surface area contributed by atoms with Gasteiger partial charge >= 0.3 is 19.5 Å². The average molecular weight is 584 g/mol. The van der Waals surface area contributed by atoms with Crippen molar-refractivity contribution in [2.75, 3.05) is 0 Å². The van der Waals surface area contributed by atoms with Gasteiger partial charge in [0.2, 0.25) is 0 Å². The van der Waals surface area contributed by atoms with E-state index in [1.165, 1.54) is 24.3 Å². The Balaban J connectivity index is 0.000000253. The van der Waals surface area contributed by atoms with Crippen LogP contribution in [-0.2, 0) is 39.7 Å². The van der Waals surface area contributed by atoms with Crippen LogP contribution in [0.15, 0.2) is 143 Å². The molecule has 0 spiro atoms. The Morgan fingerprint density at radius 2 is 0.622 bits per heavy atom. The van der Waals surface area contributed by atoms with Gasteiger partial charge in [0.05, 0.1) is 9.79 Å². The van der Waals surface area contributed by atoms with E-state index >= 15 is 0 Å². The normalized spacial score (nSPS) is 10.6. The van der Waals surface area contributed by atoms with E-state index in [-0.39, 0.29) is 29.3 Å². The quantitative estimate of drug-likeness (QED) is 0.223. The summed E-state index contributed by atoms with van der Waals surface area (Å²) in [6, 6.07) is 37.2. The minimum atomic E-state index is -4.51. The van der Waals surface area contributed by atoms with Crippen molar-refractivity contribution in [3.63, 3.8) is 0 Å². The minimum Gasteiger partial charge on any atom is -0.744 e. The van der Waals surface area contributed by atoms with Crippen LogP contribution in [0.2, 0.25) is 0 Å². The van der Waals surface area contributed by atoms with Gasteiger partial charge in [-0.2, -0.15) is 0 Å². The van der Waals surface area contributed by atoms with E-state index in [1.807, 2.05) is 12.1 Å². The van der Waals surface area contributed by atoms with Crippen molar-refractivity contribution in [2.24, 2.45) is 0 Å². The van der Waals surface area contributed by atoms with Crippen LogP contribution in [-0.4, -0.2) is 25.9 Å². The second kappa shape index (κ2) is 13.9. The van der Waals surface area contributed by atoms with Gasteiger partial charge in [-0.25, -0.2) is 16.8 Å². The van der Waals surface area contributed by atoms with E-state index in [0.29, 0.717) is 22.3 Å². The molecule has 0 heterocycles. The van der Waals surface area contributed by atoms with Crippen LogP contribution in [0.1, 0.15) is 0 Å². The number of hydrogen-bond donors (Lipinski definition) is 0. The molecular formula is C28H22O6S2Zn. The summed E-state index contributed by atoms with van der Waals surface area (Å²) in [4.78, 5) is -0.427.